The second-order valence-corrected chi connectivity index (χ2v) is 5.44. The Balaban J connectivity index is 2.14. The number of piperidine rings is 1. The van der Waals surface area contributed by atoms with Gasteiger partial charge in [0, 0.05) is 24.3 Å². The van der Waals surface area contributed by atoms with Gasteiger partial charge in [0.15, 0.2) is 0 Å². The van der Waals surface area contributed by atoms with Crippen LogP contribution in [0.4, 0.5) is 5.69 Å². The lowest BCUT2D eigenvalue weighted by Gasteiger charge is -2.33. The van der Waals surface area contributed by atoms with Crippen LogP contribution in [0, 0.1) is 0 Å². The zero-order chi connectivity index (χ0) is 14.5. The molecule has 2 rings (SSSR count). The van der Waals surface area contributed by atoms with Crippen LogP contribution < -0.4 is 15.0 Å². The first-order valence-electron chi connectivity index (χ1n) is 7.42. The van der Waals surface area contributed by atoms with Gasteiger partial charge in [0.1, 0.15) is 5.75 Å². The summed E-state index contributed by atoms with van der Waals surface area (Å²) in [6.45, 7) is 7.52. The zero-order valence-corrected chi connectivity index (χ0v) is 12.6. The van der Waals surface area contributed by atoms with Crippen molar-refractivity contribution in [2.75, 3.05) is 18.1 Å². The van der Waals surface area contributed by atoms with Crippen LogP contribution >= 0.6 is 0 Å². The van der Waals surface area contributed by atoms with E-state index >= 15 is 0 Å². The van der Waals surface area contributed by atoms with Crippen LogP contribution in [0.15, 0.2) is 24.3 Å². The van der Waals surface area contributed by atoms with E-state index in [1.54, 1.807) is 0 Å². The van der Waals surface area contributed by atoms with Crippen LogP contribution in [-0.2, 0) is 4.79 Å². The minimum atomic E-state index is -0.0699. The van der Waals surface area contributed by atoms with Gasteiger partial charge in [-0.1, -0.05) is 19.9 Å². The first-order chi connectivity index (χ1) is 9.61. The largest absolute Gasteiger partial charge is 0.494 e. The standard InChI is InChI=1S/C16H24N2O2/c1-4-20-14-8-5-7-13(11-14)18-10-6-9-15(16(18)19)17-12(2)3/h5,7-8,11-12,15,17H,4,6,9-10H2,1-3H3. The number of benzene rings is 1. The Morgan fingerprint density at radius 1 is 1.45 bits per heavy atom. The fourth-order valence-electron chi connectivity index (χ4n) is 2.60. The molecule has 110 valence electrons. The van der Waals surface area contributed by atoms with Crippen molar-refractivity contribution in [3.05, 3.63) is 24.3 Å². The molecule has 1 aromatic carbocycles. The monoisotopic (exact) mass is 276 g/mol. The maximum atomic E-state index is 12.6. The third kappa shape index (κ3) is 3.51. The molecular weight excluding hydrogens is 252 g/mol. The molecule has 0 bridgehead atoms. The van der Waals surface area contributed by atoms with Gasteiger partial charge in [0.05, 0.1) is 12.6 Å². The predicted molar refractivity (Wildman–Crippen MR) is 81.3 cm³/mol. The van der Waals surface area contributed by atoms with Crippen molar-refractivity contribution in [2.45, 2.75) is 45.7 Å². The Kier molecular flexibility index (Phi) is 5.01. The van der Waals surface area contributed by atoms with Gasteiger partial charge in [-0.25, -0.2) is 0 Å². The summed E-state index contributed by atoms with van der Waals surface area (Å²) in [5.74, 6) is 0.982. The number of ether oxygens (including phenoxy) is 1. The fraction of sp³-hybridized carbons (Fsp3) is 0.562. The normalized spacial score (nSPS) is 19.5. The van der Waals surface area contributed by atoms with Gasteiger partial charge < -0.3 is 15.0 Å². The number of hydrogen-bond acceptors (Lipinski definition) is 3. The summed E-state index contributed by atoms with van der Waals surface area (Å²) in [5.41, 5.74) is 0.927. The molecule has 1 amide bonds. The highest BCUT2D eigenvalue weighted by Crippen LogP contribution is 2.25. The Bertz CT molecular complexity index is 460. The minimum absolute atomic E-state index is 0.0699. The van der Waals surface area contributed by atoms with Gasteiger partial charge in [0.2, 0.25) is 5.91 Å². The van der Waals surface area contributed by atoms with Crippen LogP contribution in [0.2, 0.25) is 0 Å². The molecule has 1 heterocycles. The molecule has 0 spiro atoms. The summed E-state index contributed by atoms with van der Waals surface area (Å²) in [5, 5.41) is 3.35. The van der Waals surface area contributed by atoms with Crippen LogP contribution in [0.5, 0.6) is 5.75 Å². The summed E-state index contributed by atoms with van der Waals surface area (Å²) in [7, 11) is 0. The van der Waals surface area contributed by atoms with Crippen molar-refractivity contribution in [3.63, 3.8) is 0 Å². The molecule has 1 fully saturated rings. The van der Waals surface area contributed by atoms with E-state index in [9.17, 15) is 4.79 Å². The Morgan fingerprint density at radius 2 is 2.25 bits per heavy atom. The maximum absolute atomic E-state index is 12.6. The van der Waals surface area contributed by atoms with E-state index in [0.29, 0.717) is 12.6 Å². The topological polar surface area (TPSA) is 41.6 Å². The molecule has 1 aliphatic rings. The summed E-state index contributed by atoms with van der Waals surface area (Å²) in [4.78, 5) is 14.4. The van der Waals surface area contributed by atoms with Gasteiger partial charge >= 0.3 is 0 Å². The summed E-state index contributed by atoms with van der Waals surface area (Å²) in [6, 6.07) is 8.02. The molecule has 20 heavy (non-hydrogen) atoms. The van der Waals surface area contributed by atoms with Crippen molar-refractivity contribution in [1.29, 1.82) is 0 Å². The predicted octanol–water partition coefficient (Wildman–Crippen LogP) is 2.58. The second-order valence-electron chi connectivity index (χ2n) is 5.44. The van der Waals surface area contributed by atoms with E-state index < -0.39 is 0 Å². The van der Waals surface area contributed by atoms with E-state index in [2.05, 4.69) is 19.2 Å². The molecule has 0 aromatic heterocycles. The summed E-state index contributed by atoms with van der Waals surface area (Å²) in [6.07, 6.45) is 1.94. The Morgan fingerprint density at radius 3 is 2.95 bits per heavy atom. The van der Waals surface area contributed by atoms with Crippen LogP contribution in [0.3, 0.4) is 0 Å². The van der Waals surface area contributed by atoms with Gasteiger partial charge in [-0.15, -0.1) is 0 Å². The summed E-state index contributed by atoms with van der Waals surface area (Å²) < 4.78 is 5.51. The van der Waals surface area contributed by atoms with Gasteiger partial charge in [-0.05, 0) is 31.9 Å². The van der Waals surface area contributed by atoms with E-state index in [1.807, 2.05) is 36.1 Å². The number of carbonyl (C=O) groups is 1. The fourth-order valence-corrected chi connectivity index (χ4v) is 2.60. The maximum Gasteiger partial charge on any atom is 0.244 e. The highest BCUT2D eigenvalue weighted by Gasteiger charge is 2.29. The second kappa shape index (κ2) is 6.75. The molecule has 1 aliphatic heterocycles. The third-order valence-corrected chi connectivity index (χ3v) is 3.41. The quantitative estimate of drug-likeness (QED) is 0.898. The molecule has 1 atom stereocenters. The average Bonchev–Trinajstić information content (AvgIpc) is 2.41. The van der Waals surface area contributed by atoms with E-state index in [1.165, 1.54) is 0 Å². The molecular formula is C16H24N2O2. The van der Waals surface area contributed by atoms with E-state index in [4.69, 9.17) is 4.74 Å². The molecule has 1 saturated heterocycles. The SMILES string of the molecule is CCOc1cccc(N2CCCC(NC(C)C)C2=O)c1. The number of nitrogens with zero attached hydrogens (tertiary/aromatic N) is 1. The highest BCUT2D eigenvalue weighted by molar-refractivity contribution is 5.98. The van der Waals surface area contributed by atoms with Crippen molar-refractivity contribution in [3.8, 4) is 5.75 Å². The first kappa shape index (κ1) is 14.9. The van der Waals surface area contributed by atoms with E-state index in [0.717, 1.165) is 30.8 Å². The lowest BCUT2D eigenvalue weighted by molar-refractivity contribution is -0.121. The van der Waals surface area contributed by atoms with Crippen molar-refractivity contribution in [1.82, 2.24) is 5.32 Å². The molecule has 1 N–H and O–H groups in total. The lowest BCUT2D eigenvalue weighted by Crippen LogP contribution is -2.52. The molecule has 0 saturated carbocycles. The lowest BCUT2D eigenvalue weighted by atomic mass is 10.0. The van der Waals surface area contributed by atoms with Crippen molar-refractivity contribution >= 4 is 11.6 Å². The molecule has 1 unspecified atom stereocenters. The Labute approximate surface area is 121 Å². The number of amides is 1. The molecule has 1 aromatic rings. The molecule has 4 nitrogen and oxygen atoms in total. The summed E-state index contributed by atoms with van der Waals surface area (Å²) >= 11 is 0. The van der Waals surface area contributed by atoms with E-state index in [-0.39, 0.29) is 11.9 Å². The van der Waals surface area contributed by atoms with Crippen LogP contribution in [0.1, 0.15) is 33.6 Å². The van der Waals surface area contributed by atoms with Gasteiger partial charge in [-0.2, -0.15) is 0 Å². The molecule has 0 aliphatic carbocycles. The third-order valence-electron chi connectivity index (χ3n) is 3.41. The number of hydrogen-bond donors (Lipinski definition) is 1. The number of nitrogens with one attached hydrogen (secondary N) is 1. The number of rotatable bonds is 5. The number of anilines is 1. The van der Waals surface area contributed by atoms with Gasteiger partial charge in [0.25, 0.3) is 0 Å². The van der Waals surface area contributed by atoms with Crippen molar-refractivity contribution < 1.29 is 9.53 Å². The molecule has 4 heteroatoms. The highest BCUT2D eigenvalue weighted by atomic mass is 16.5. The number of carbonyl (C=O) groups excluding carboxylic acids is 1. The Hall–Kier alpha value is -1.55. The first-order valence-corrected chi connectivity index (χ1v) is 7.42. The minimum Gasteiger partial charge on any atom is -0.494 e. The average molecular weight is 276 g/mol. The van der Waals surface area contributed by atoms with Crippen LogP contribution in [-0.4, -0.2) is 31.1 Å². The smallest absolute Gasteiger partial charge is 0.244 e. The zero-order valence-electron chi connectivity index (χ0n) is 12.6. The van der Waals surface area contributed by atoms with Crippen molar-refractivity contribution in [2.24, 2.45) is 0 Å². The molecule has 0 radical (unpaired) electrons. The van der Waals surface area contributed by atoms with Gasteiger partial charge in [-0.3, -0.25) is 4.79 Å². The van der Waals surface area contributed by atoms with Crippen LogP contribution in [0.25, 0.3) is 0 Å².